The van der Waals surface area contributed by atoms with Crippen molar-refractivity contribution in [3.8, 4) is 6.07 Å². The molecule has 0 saturated carbocycles. The molecule has 0 unspecified atom stereocenters. The van der Waals surface area contributed by atoms with E-state index in [1.807, 2.05) is 6.07 Å². The number of benzene rings is 2. The number of nitriles is 1. The Labute approximate surface area is 165 Å². The number of amides is 2. The van der Waals surface area contributed by atoms with Gasteiger partial charge in [0.05, 0.1) is 16.8 Å². The first kappa shape index (κ1) is 20.4. The molecule has 3 rings (SSSR count). The van der Waals surface area contributed by atoms with Crippen LogP contribution in [0.2, 0.25) is 0 Å². The highest BCUT2D eigenvalue weighted by molar-refractivity contribution is 6.09. The standard InChI is InChI=1S/C21H18F3N3O2/c1-12-4-3-5-17(15(12)10-25)26-19(28)18-16(11-27(2)20(18)29)13-6-8-14(9-7-13)21(22,23)24/h3-9,16,18H,11H2,1-2H3,(H,26,28)/t16-,18+/m1/s1. The Hall–Kier alpha value is -3.34. The Balaban J connectivity index is 1.90. The third-order valence-electron chi connectivity index (χ3n) is 5.11. The van der Waals surface area contributed by atoms with Crippen molar-refractivity contribution in [2.45, 2.75) is 19.0 Å². The van der Waals surface area contributed by atoms with Crippen LogP contribution in [0.1, 0.15) is 28.2 Å². The van der Waals surface area contributed by atoms with Crippen LogP contribution < -0.4 is 5.32 Å². The van der Waals surface area contributed by atoms with Crippen LogP contribution in [0.3, 0.4) is 0 Å². The van der Waals surface area contributed by atoms with Crippen LogP contribution in [0.25, 0.3) is 0 Å². The molecule has 2 aromatic carbocycles. The number of likely N-dealkylation sites (tertiary alicyclic amines) is 1. The van der Waals surface area contributed by atoms with E-state index < -0.39 is 35.4 Å². The van der Waals surface area contributed by atoms with Crippen molar-refractivity contribution in [2.24, 2.45) is 5.92 Å². The normalized spacial score (nSPS) is 19.2. The molecule has 2 atom stereocenters. The second kappa shape index (κ2) is 7.59. The summed E-state index contributed by atoms with van der Waals surface area (Å²) in [5.74, 6) is -2.70. The van der Waals surface area contributed by atoms with Crippen LogP contribution in [0, 0.1) is 24.2 Å². The molecule has 1 aliphatic heterocycles. The summed E-state index contributed by atoms with van der Waals surface area (Å²) in [6, 6.07) is 11.5. The molecule has 1 fully saturated rings. The van der Waals surface area contributed by atoms with E-state index >= 15 is 0 Å². The molecule has 2 amide bonds. The largest absolute Gasteiger partial charge is 0.416 e. The first-order chi connectivity index (χ1) is 13.6. The lowest BCUT2D eigenvalue weighted by Gasteiger charge is -2.18. The number of carbonyl (C=O) groups is 2. The first-order valence-electron chi connectivity index (χ1n) is 8.86. The molecule has 1 saturated heterocycles. The summed E-state index contributed by atoms with van der Waals surface area (Å²) >= 11 is 0. The lowest BCUT2D eigenvalue weighted by atomic mass is 9.87. The number of carbonyl (C=O) groups excluding carboxylic acids is 2. The molecule has 1 aliphatic rings. The lowest BCUT2D eigenvalue weighted by molar-refractivity contribution is -0.138. The van der Waals surface area contributed by atoms with E-state index in [1.54, 1.807) is 32.2 Å². The molecule has 0 aromatic heterocycles. The summed E-state index contributed by atoms with van der Waals surface area (Å²) in [5, 5.41) is 12.0. The molecular formula is C21H18F3N3O2. The second-order valence-electron chi connectivity index (χ2n) is 7.02. The van der Waals surface area contributed by atoms with Gasteiger partial charge in [0.25, 0.3) is 0 Å². The van der Waals surface area contributed by atoms with Gasteiger partial charge in [-0.3, -0.25) is 9.59 Å². The van der Waals surface area contributed by atoms with Crippen molar-refractivity contribution in [1.82, 2.24) is 4.90 Å². The van der Waals surface area contributed by atoms with Gasteiger partial charge in [0.2, 0.25) is 11.8 Å². The number of rotatable bonds is 3. The maximum atomic E-state index is 12.9. The summed E-state index contributed by atoms with van der Waals surface area (Å²) in [6.07, 6.45) is -4.46. The highest BCUT2D eigenvalue weighted by Crippen LogP contribution is 2.36. The van der Waals surface area contributed by atoms with E-state index in [0.717, 1.165) is 12.1 Å². The number of aryl methyl sites for hydroxylation is 1. The van der Waals surface area contributed by atoms with Gasteiger partial charge in [-0.2, -0.15) is 18.4 Å². The molecule has 150 valence electrons. The Morgan fingerprint density at radius 3 is 2.45 bits per heavy atom. The van der Waals surface area contributed by atoms with Gasteiger partial charge in [-0.05, 0) is 36.2 Å². The number of likely N-dealkylation sites (N-methyl/N-ethyl adjacent to an activating group) is 1. The Morgan fingerprint density at radius 2 is 1.86 bits per heavy atom. The van der Waals surface area contributed by atoms with Crippen LogP contribution in [0.4, 0.5) is 18.9 Å². The third-order valence-corrected chi connectivity index (χ3v) is 5.11. The molecule has 2 aromatic rings. The van der Waals surface area contributed by atoms with Crippen LogP contribution in [0.5, 0.6) is 0 Å². The molecule has 1 N–H and O–H groups in total. The molecule has 1 heterocycles. The van der Waals surface area contributed by atoms with Crippen LogP contribution in [-0.4, -0.2) is 30.3 Å². The summed E-state index contributed by atoms with van der Waals surface area (Å²) in [7, 11) is 1.54. The smallest absolute Gasteiger partial charge is 0.344 e. The van der Waals surface area contributed by atoms with Gasteiger partial charge in [0, 0.05) is 19.5 Å². The molecule has 0 radical (unpaired) electrons. The zero-order chi connectivity index (χ0) is 21.3. The van der Waals surface area contributed by atoms with Gasteiger partial charge in [0.15, 0.2) is 0 Å². The monoisotopic (exact) mass is 401 g/mol. The van der Waals surface area contributed by atoms with Gasteiger partial charge >= 0.3 is 6.18 Å². The number of nitrogens with zero attached hydrogens (tertiary/aromatic N) is 2. The Kier molecular flexibility index (Phi) is 5.33. The number of alkyl halides is 3. The van der Waals surface area contributed by atoms with Crippen LogP contribution in [-0.2, 0) is 15.8 Å². The third kappa shape index (κ3) is 3.94. The van der Waals surface area contributed by atoms with Gasteiger partial charge in [-0.25, -0.2) is 0 Å². The average Bonchev–Trinajstić information content (AvgIpc) is 2.96. The predicted molar refractivity (Wildman–Crippen MR) is 99.8 cm³/mol. The number of anilines is 1. The van der Waals surface area contributed by atoms with E-state index in [1.165, 1.54) is 17.0 Å². The minimum atomic E-state index is -4.46. The summed E-state index contributed by atoms with van der Waals surface area (Å²) in [4.78, 5) is 26.9. The molecule has 0 bridgehead atoms. The van der Waals surface area contributed by atoms with Crippen molar-refractivity contribution in [3.63, 3.8) is 0 Å². The molecule has 5 nitrogen and oxygen atoms in total. The zero-order valence-electron chi connectivity index (χ0n) is 15.7. The number of hydrogen-bond acceptors (Lipinski definition) is 3. The fourth-order valence-corrected chi connectivity index (χ4v) is 3.54. The van der Waals surface area contributed by atoms with Crippen molar-refractivity contribution in [3.05, 3.63) is 64.7 Å². The average molecular weight is 401 g/mol. The highest BCUT2D eigenvalue weighted by Gasteiger charge is 2.44. The molecule has 0 spiro atoms. The topological polar surface area (TPSA) is 73.2 Å². The SMILES string of the molecule is Cc1cccc(NC(=O)[C@H]2C(=O)N(C)C[C@@H]2c2ccc(C(F)(F)F)cc2)c1C#N. The minimum absolute atomic E-state index is 0.210. The van der Waals surface area contributed by atoms with Crippen molar-refractivity contribution in [1.29, 1.82) is 5.26 Å². The Bertz CT molecular complexity index is 994. The lowest BCUT2D eigenvalue weighted by Crippen LogP contribution is -2.33. The van der Waals surface area contributed by atoms with Gasteiger partial charge < -0.3 is 10.2 Å². The highest BCUT2D eigenvalue weighted by atomic mass is 19.4. The second-order valence-corrected chi connectivity index (χ2v) is 7.02. The van der Waals surface area contributed by atoms with Crippen molar-refractivity contribution >= 4 is 17.5 Å². The Morgan fingerprint density at radius 1 is 1.21 bits per heavy atom. The van der Waals surface area contributed by atoms with Gasteiger partial charge in [0.1, 0.15) is 12.0 Å². The van der Waals surface area contributed by atoms with Gasteiger partial charge in [-0.15, -0.1) is 0 Å². The van der Waals surface area contributed by atoms with Crippen molar-refractivity contribution < 1.29 is 22.8 Å². The predicted octanol–water partition coefficient (Wildman–Crippen LogP) is 3.70. The summed E-state index contributed by atoms with van der Waals surface area (Å²) < 4.78 is 38.5. The first-order valence-corrected chi connectivity index (χ1v) is 8.86. The number of halogens is 3. The number of nitrogens with one attached hydrogen (secondary N) is 1. The summed E-state index contributed by atoms with van der Waals surface area (Å²) in [6.45, 7) is 1.94. The van der Waals surface area contributed by atoms with Crippen molar-refractivity contribution in [2.75, 3.05) is 18.9 Å². The quantitative estimate of drug-likeness (QED) is 0.798. The number of hydrogen-bond donors (Lipinski definition) is 1. The minimum Gasteiger partial charge on any atom is -0.344 e. The molecule has 8 heteroatoms. The van der Waals surface area contributed by atoms with E-state index in [0.29, 0.717) is 22.4 Å². The van der Waals surface area contributed by atoms with Gasteiger partial charge in [-0.1, -0.05) is 24.3 Å². The van der Waals surface area contributed by atoms with E-state index in [-0.39, 0.29) is 6.54 Å². The zero-order valence-corrected chi connectivity index (χ0v) is 15.7. The molecular weight excluding hydrogens is 383 g/mol. The maximum absolute atomic E-state index is 12.9. The van der Waals surface area contributed by atoms with E-state index in [2.05, 4.69) is 5.32 Å². The van der Waals surface area contributed by atoms with E-state index in [4.69, 9.17) is 0 Å². The molecule has 29 heavy (non-hydrogen) atoms. The maximum Gasteiger partial charge on any atom is 0.416 e. The summed E-state index contributed by atoms with van der Waals surface area (Å²) in [5.41, 5.74) is 0.954. The fraction of sp³-hybridized carbons (Fsp3) is 0.286. The fourth-order valence-electron chi connectivity index (χ4n) is 3.54. The van der Waals surface area contributed by atoms with Crippen LogP contribution in [0.15, 0.2) is 42.5 Å². The molecule has 0 aliphatic carbocycles. The van der Waals surface area contributed by atoms with E-state index in [9.17, 15) is 28.0 Å². The van der Waals surface area contributed by atoms with Crippen LogP contribution >= 0.6 is 0 Å².